The zero-order chi connectivity index (χ0) is 15.1. The molecule has 0 aliphatic rings. The molecule has 1 aromatic carbocycles. The lowest BCUT2D eigenvalue weighted by Gasteiger charge is -2.12. The van der Waals surface area contributed by atoms with Crippen molar-refractivity contribution in [2.24, 2.45) is 0 Å². The zero-order valence-corrected chi connectivity index (χ0v) is 12.6. The number of hydrogen-bond donors (Lipinski definition) is 0. The maximum Gasteiger partial charge on any atom is 0.172 e. The molecule has 1 heterocycles. The molecule has 0 aliphatic heterocycles. The molecule has 0 spiro atoms. The van der Waals surface area contributed by atoms with E-state index in [-0.39, 0.29) is 0 Å². The van der Waals surface area contributed by atoms with Crippen LogP contribution in [-0.4, -0.2) is 27.9 Å². The van der Waals surface area contributed by atoms with Crippen LogP contribution in [0.25, 0.3) is 5.69 Å². The van der Waals surface area contributed by atoms with Gasteiger partial charge in [0.2, 0.25) is 0 Å². The number of unbranched alkanes of at least 4 members (excludes halogenated alkanes) is 1. The van der Waals surface area contributed by atoms with Crippen molar-refractivity contribution < 1.29 is 9.53 Å². The minimum absolute atomic E-state index is 0.411. The topological polar surface area (TPSA) is 57.0 Å². The van der Waals surface area contributed by atoms with Crippen LogP contribution in [0.15, 0.2) is 24.3 Å². The highest BCUT2D eigenvalue weighted by atomic mass is 16.5. The molecule has 0 aliphatic carbocycles. The van der Waals surface area contributed by atoms with Crippen LogP contribution in [0.4, 0.5) is 0 Å². The van der Waals surface area contributed by atoms with Crippen molar-refractivity contribution in [1.29, 1.82) is 0 Å². The number of para-hydroxylation sites is 2. The number of hydrogen-bond acceptors (Lipinski definition) is 4. The second-order valence-corrected chi connectivity index (χ2v) is 4.87. The van der Waals surface area contributed by atoms with Crippen molar-refractivity contribution in [3.8, 4) is 11.4 Å². The smallest absolute Gasteiger partial charge is 0.172 e. The average Bonchev–Trinajstić information content (AvgIpc) is 2.93. The fraction of sp³-hybridized carbons (Fsp3) is 0.438. The Labute approximate surface area is 124 Å². The quantitative estimate of drug-likeness (QED) is 0.699. The highest BCUT2D eigenvalue weighted by Crippen LogP contribution is 2.24. The number of rotatable bonds is 8. The van der Waals surface area contributed by atoms with Gasteiger partial charge in [-0.3, -0.25) is 4.79 Å². The largest absolute Gasteiger partial charge is 0.491 e. The van der Waals surface area contributed by atoms with E-state index in [1.54, 1.807) is 4.68 Å². The van der Waals surface area contributed by atoms with Crippen molar-refractivity contribution in [2.75, 3.05) is 6.61 Å². The van der Waals surface area contributed by atoms with Gasteiger partial charge in [-0.15, -0.1) is 5.10 Å². The van der Waals surface area contributed by atoms with E-state index in [0.717, 1.165) is 49.1 Å². The van der Waals surface area contributed by atoms with E-state index < -0.39 is 0 Å². The summed E-state index contributed by atoms with van der Waals surface area (Å²) in [6.45, 7) is 4.83. The summed E-state index contributed by atoms with van der Waals surface area (Å²) in [5.74, 6) is 0.763. The normalized spacial score (nSPS) is 10.6. The Morgan fingerprint density at radius 1 is 1.24 bits per heavy atom. The molecule has 0 fully saturated rings. The van der Waals surface area contributed by atoms with E-state index in [0.29, 0.717) is 12.3 Å². The number of nitrogens with zero attached hydrogens (tertiary/aromatic N) is 3. The molecule has 2 aromatic rings. The van der Waals surface area contributed by atoms with Crippen LogP contribution >= 0.6 is 0 Å². The van der Waals surface area contributed by atoms with Crippen molar-refractivity contribution in [3.05, 3.63) is 35.7 Å². The van der Waals surface area contributed by atoms with Crippen LogP contribution in [-0.2, 0) is 6.42 Å². The number of aldehydes is 1. The van der Waals surface area contributed by atoms with Crippen molar-refractivity contribution in [1.82, 2.24) is 15.0 Å². The van der Waals surface area contributed by atoms with E-state index >= 15 is 0 Å². The van der Waals surface area contributed by atoms with E-state index in [9.17, 15) is 4.79 Å². The van der Waals surface area contributed by atoms with Crippen molar-refractivity contribution in [3.63, 3.8) is 0 Å². The van der Waals surface area contributed by atoms with Gasteiger partial charge in [0, 0.05) is 0 Å². The fourth-order valence-corrected chi connectivity index (χ4v) is 2.14. The highest BCUT2D eigenvalue weighted by molar-refractivity contribution is 5.73. The molecule has 112 valence electrons. The van der Waals surface area contributed by atoms with Gasteiger partial charge < -0.3 is 4.74 Å². The van der Waals surface area contributed by atoms with E-state index in [1.165, 1.54) is 0 Å². The first-order valence-corrected chi connectivity index (χ1v) is 7.43. The lowest BCUT2D eigenvalue weighted by atomic mass is 10.1. The molecule has 2 rings (SSSR count). The third-order valence-corrected chi connectivity index (χ3v) is 3.23. The minimum Gasteiger partial charge on any atom is -0.491 e. The van der Waals surface area contributed by atoms with Gasteiger partial charge in [-0.05, 0) is 31.4 Å². The number of ether oxygens (including phenoxy) is 1. The zero-order valence-electron chi connectivity index (χ0n) is 12.6. The van der Waals surface area contributed by atoms with Crippen molar-refractivity contribution >= 4 is 6.29 Å². The summed E-state index contributed by atoms with van der Waals surface area (Å²) in [6, 6.07) is 7.71. The molecule has 0 saturated heterocycles. The standard InChI is InChI=1S/C16H21N3O2/c1-3-5-8-14-13(12-20)17-18-19(14)15-9-6-7-10-16(15)21-11-4-2/h6-7,9-10,12H,3-5,8,11H2,1-2H3. The second kappa shape index (κ2) is 7.57. The summed E-state index contributed by atoms with van der Waals surface area (Å²) >= 11 is 0. The van der Waals surface area contributed by atoms with Crippen molar-refractivity contribution in [2.45, 2.75) is 39.5 Å². The molecule has 0 bridgehead atoms. The molecular formula is C16H21N3O2. The van der Waals surface area contributed by atoms with Gasteiger partial charge in [0.25, 0.3) is 0 Å². The molecule has 5 nitrogen and oxygen atoms in total. The van der Waals surface area contributed by atoms with Gasteiger partial charge in [-0.2, -0.15) is 0 Å². The molecular weight excluding hydrogens is 266 g/mol. The van der Waals surface area contributed by atoms with Gasteiger partial charge in [0.05, 0.1) is 12.3 Å². The van der Waals surface area contributed by atoms with Gasteiger partial charge in [-0.1, -0.05) is 37.6 Å². The minimum atomic E-state index is 0.411. The summed E-state index contributed by atoms with van der Waals surface area (Å²) in [5.41, 5.74) is 2.09. The first kappa shape index (κ1) is 15.2. The SMILES string of the molecule is CCCCc1c(C=O)nnn1-c1ccccc1OCCC. The maximum absolute atomic E-state index is 11.1. The maximum atomic E-state index is 11.1. The molecule has 0 unspecified atom stereocenters. The molecule has 0 amide bonds. The van der Waals surface area contributed by atoms with Crippen LogP contribution in [0.1, 0.15) is 49.3 Å². The van der Waals surface area contributed by atoms with Crippen LogP contribution in [0.2, 0.25) is 0 Å². The fourth-order valence-electron chi connectivity index (χ4n) is 2.14. The van der Waals surface area contributed by atoms with Gasteiger partial charge in [0.1, 0.15) is 17.1 Å². The third-order valence-electron chi connectivity index (χ3n) is 3.23. The number of aromatic nitrogens is 3. The molecule has 1 aromatic heterocycles. The molecule has 0 N–H and O–H groups in total. The molecule has 0 radical (unpaired) electrons. The van der Waals surface area contributed by atoms with E-state index in [4.69, 9.17) is 4.74 Å². The Morgan fingerprint density at radius 2 is 2.05 bits per heavy atom. The van der Waals surface area contributed by atoms with Crippen LogP contribution in [0.3, 0.4) is 0 Å². The van der Waals surface area contributed by atoms with Crippen LogP contribution < -0.4 is 4.74 Å². The lowest BCUT2D eigenvalue weighted by Crippen LogP contribution is -2.07. The van der Waals surface area contributed by atoms with Gasteiger partial charge in [-0.25, -0.2) is 4.68 Å². The highest BCUT2D eigenvalue weighted by Gasteiger charge is 2.16. The number of carbonyl (C=O) groups excluding carboxylic acids is 1. The monoisotopic (exact) mass is 287 g/mol. The average molecular weight is 287 g/mol. The van der Waals surface area contributed by atoms with E-state index in [2.05, 4.69) is 24.2 Å². The Kier molecular flexibility index (Phi) is 5.49. The van der Waals surface area contributed by atoms with Crippen LogP contribution in [0.5, 0.6) is 5.75 Å². The molecule has 0 atom stereocenters. The van der Waals surface area contributed by atoms with Crippen LogP contribution in [0, 0.1) is 0 Å². The Morgan fingerprint density at radius 3 is 2.76 bits per heavy atom. The summed E-state index contributed by atoms with van der Waals surface area (Å²) in [6.07, 6.45) is 4.53. The Hall–Kier alpha value is -2.17. The molecule has 0 saturated carbocycles. The number of carbonyl (C=O) groups is 1. The van der Waals surface area contributed by atoms with Gasteiger partial charge in [0.15, 0.2) is 6.29 Å². The Bertz CT molecular complexity index is 593. The molecule has 5 heteroatoms. The lowest BCUT2D eigenvalue weighted by molar-refractivity contribution is 0.111. The first-order chi connectivity index (χ1) is 10.3. The molecule has 21 heavy (non-hydrogen) atoms. The first-order valence-electron chi connectivity index (χ1n) is 7.43. The van der Waals surface area contributed by atoms with Gasteiger partial charge >= 0.3 is 0 Å². The second-order valence-electron chi connectivity index (χ2n) is 4.87. The third kappa shape index (κ3) is 3.48. The predicted molar refractivity (Wildman–Crippen MR) is 81.1 cm³/mol. The predicted octanol–water partition coefficient (Wildman–Crippen LogP) is 3.21. The van der Waals surface area contributed by atoms with E-state index in [1.807, 2.05) is 24.3 Å². The Balaban J connectivity index is 2.41. The summed E-state index contributed by atoms with van der Waals surface area (Å²) < 4.78 is 7.49. The number of benzene rings is 1. The summed E-state index contributed by atoms with van der Waals surface area (Å²) in [7, 11) is 0. The summed E-state index contributed by atoms with van der Waals surface area (Å²) in [5, 5.41) is 8.11. The summed E-state index contributed by atoms with van der Waals surface area (Å²) in [4.78, 5) is 11.1.